The number of carbonyl (C=O) groups is 3. The van der Waals surface area contributed by atoms with Crippen molar-refractivity contribution < 1.29 is 28.6 Å². The molecule has 0 saturated carbocycles. The molecule has 0 amide bonds. The Bertz CT molecular complexity index is 1730. The minimum absolute atomic E-state index is 0.0923. The van der Waals surface area contributed by atoms with Crippen LogP contribution in [0.1, 0.15) is 310 Å². The van der Waals surface area contributed by atoms with Crippen LogP contribution in [0.2, 0.25) is 0 Å². The van der Waals surface area contributed by atoms with Crippen molar-refractivity contribution >= 4 is 17.9 Å². The summed E-state index contributed by atoms with van der Waals surface area (Å²) in [6.07, 6.45) is 97.4. The van der Waals surface area contributed by atoms with Gasteiger partial charge in [0.05, 0.1) is 0 Å². The van der Waals surface area contributed by atoms with Crippen LogP contribution in [-0.4, -0.2) is 37.2 Å². The fraction of sp³-hybridized carbons (Fsp3) is 0.671. The summed E-state index contributed by atoms with van der Waals surface area (Å²) in [5.41, 5.74) is 0. The predicted octanol–water partition coefficient (Wildman–Crippen LogP) is 23.7. The molecule has 0 rings (SSSR count). The van der Waals surface area contributed by atoms with Crippen molar-refractivity contribution in [3.05, 3.63) is 134 Å². The Morgan fingerprint density at radius 3 is 0.780 bits per heavy atom. The minimum atomic E-state index is -0.800. The van der Waals surface area contributed by atoms with E-state index in [0.29, 0.717) is 19.3 Å². The Morgan fingerprint density at radius 2 is 0.476 bits per heavy atom. The van der Waals surface area contributed by atoms with Gasteiger partial charge in [-0.05, 0) is 122 Å². The average Bonchev–Trinajstić information content (AvgIpc) is 3.48. The average molecular weight is 1140 g/mol. The van der Waals surface area contributed by atoms with Gasteiger partial charge in [-0.2, -0.15) is 0 Å². The molecule has 0 radical (unpaired) electrons. The van der Waals surface area contributed by atoms with Gasteiger partial charge in [0.15, 0.2) is 6.10 Å². The van der Waals surface area contributed by atoms with E-state index in [0.717, 1.165) is 135 Å². The Balaban J connectivity index is 4.41. The summed E-state index contributed by atoms with van der Waals surface area (Å²) < 4.78 is 16.9. The highest BCUT2D eigenvalue weighted by Gasteiger charge is 2.19. The van der Waals surface area contributed by atoms with Gasteiger partial charge in [0.2, 0.25) is 0 Å². The number of hydrogen-bond acceptors (Lipinski definition) is 6. The lowest BCUT2D eigenvalue weighted by Crippen LogP contribution is -2.30. The third kappa shape index (κ3) is 66.4. The molecule has 466 valence electrons. The highest BCUT2D eigenvalue weighted by atomic mass is 16.6. The maximum Gasteiger partial charge on any atom is 0.306 e. The number of rotatable bonds is 61. The monoisotopic (exact) mass is 1130 g/mol. The molecule has 0 aliphatic rings. The van der Waals surface area contributed by atoms with Gasteiger partial charge in [0.25, 0.3) is 0 Å². The zero-order chi connectivity index (χ0) is 59.2. The Hall–Kier alpha value is -4.45. The zero-order valence-corrected chi connectivity index (χ0v) is 53.5. The molecule has 0 fully saturated rings. The molecule has 0 N–H and O–H groups in total. The van der Waals surface area contributed by atoms with Crippen molar-refractivity contribution in [2.45, 2.75) is 316 Å². The normalized spacial score (nSPS) is 13.0. The number of carbonyl (C=O) groups excluding carboxylic acids is 3. The molecule has 6 heteroatoms. The number of esters is 3. The molecule has 0 aliphatic carbocycles. The van der Waals surface area contributed by atoms with Crippen LogP contribution in [0.4, 0.5) is 0 Å². The van der Waals surface area contributed by atoms with Gasteiger partial charge in [-0.15, -0.1) is 0 Å². The van der Waals surface area contributed by atoms with Crippen molar-refractivity contribution in [3.8, 4) is 0 Å². The van der Waals surface area contributed by atoms with Gasteiger partial charge in [-0.3, -0.25) is 14.4 Å². The van der Waals surface area contributed by atoms with E-state index < -0.39 is 6.10 Å². The third-order valence-corrected chi connectivity index (χ3v) is 14.4. The van der Waals surface area contributed by atoms with Crippen LogP contribution in [0.3, 0.4) is 0 Å². The summed E-state index contributed by atoms with van der Waals surface area (Å²) in [4.78, 5) is 38.4. The molecule has 0 aromatic heterocycles. The largest absolute Gasteiger partial charge is 0.462 e. The first-order valence-electron chi connectivity index (χ1n) is 34.2. The molecule has 6 nitrogen and oxygen atoms in total. The fourth-order valence-corrected chi connectivity index (χ4v) is 9.29. The lowest BCUT2D eigenvalue weighted by Gasteiger charge is -2.18. The van der Waals surface area contributed by atoms with Crippen LogP contribution in [0.25, 0.3) is 0 Å². The SMILES string of the molecule is CC/C=C\C/C=C\C/C=C\C/C=C\C/C=C\C/C=C\C/C=C\C/C=C\C/C=C\CCCCCC(=O)OCC(COC(=O)CCCCCCCCCCCCCCCCCC)OC(=O)CCCCCCCCC/C=C\C/C=C\CCCCC. The van der Waals surface area contributed by atoms with Gasteiger partial charge in [-0.1, -0.05) is 302 Å². The minimum Gasteiger partial charge on any atom is -0.462 e. The second-order valence-electron chi connectivity index (χ2n) is 22.4. The van der Waals surface area contributed by atoms with E-state index in [-0.39, 0.29) is 31.1 Å². The van der Waals surface area contributed by atoms with E-state index in [9.17, 15) is 14.4 Å². The summed E-state index contributed by atoms with van der Waals surface area (Å²) in [6.45, 7) is 6.49. The van der Waals surface area contributed by atoms with Crippen molar-refractivity contribution in [3.63, 3.8) is 0 Å². The van der Waals surface area contributed by atoms with E-state index in [2.05, 4.69) is 154 Å². The van der Waals surface area contributed by atoms with Crippen LogP contribution in [0.5, 0.6) is 0 Å². The summed E-state index contributed by atoms with van der Waals surface area (Å²) in [5.74, 6) is -0.927. The molecule has 1 unspecified atom stereocenters. The van der Waals surface area contributed by atoms with Crippen LogP contribution >= 0.6 is 0 Å². The van der Waals surface area contributed by atoms with Crippen molar-refractivity contribution in [1.29, 1.82) is 0 Å². The summed E-state index contributed by atoms with van der Waals surface area (Å²) in [5, 5.41) is 0. The lowest BCUT2D eigenvalue weighted by atomic mass is 10.0. The standard InChI is InChI=1S/C76H126O6/c1-4-7-10-13-16-19-22-25-28-31-32-33-34-35-36-37-38-39-40-41-42-43-44-46-48-51-54-57-60-63-66-69-75(78)81-72-73(71-80-74(77)68-65-62-59-56-53-50-47-30-27-24-21-18-15-12-9-6-3)82-76(79)70-67-64-61-58-55-52-49-45-29-26-23-20-17-14-11-8-5-2/h7,10,16-17,19-20,25-26,28-29,32-33,35-36,38-39,41-42,44,46,51,54,73H,4-6,8-9,11-15,18,21-24,27,30-31,34,37,40,43,45,47-50,52-53,55-72H2,1-3H3/b10-7-,19-16-,20-17-,28-25-,29-26-,33-32-,36-35-,39-38-,42-41-,46-44-,54-51-. The first-order chi connectivity index (χ1) is 40.5. The molecule has 0 heterocycles. The summed E-state index contributed by atoms with van der Waals surface area (Å²) >= 11 is 0. The number of allylic oxidation sites excluding steroid dienone is 22. The molecule has 0 spiro atoms. The Kier molecular flexibility index (Phi) is 65.3. The van der Waals surface area contributed by atoms with Gasteiger partial charge in [-0.25, -0.2) is 0 Å². The highest BCUT2D eigenvalue weighted by molar-refractivity contribution is 5.71. The van der Waals surface area contributed by atoms with Crippen LogP contribution in [0.15, 0.2) is 134 Å². The topological polar surface area (TPSA) is 78.9 Å². The first kappa shape index (κ1) is 77.5. The molecule has 0 aromatic rings. The second-order valence-corrected chi connectivity index (χ2v) is 22.4. The molecule has 0 aliphatic heterocycles. The molecule has 82 heavy (non-hydrogen) atoms. The van der Waals surface area contributed by atoms with Gasteiger partial charge >= 0.3 is 17.9 Å². The van der Waals surface area contributed by atoms with E-state index in [4.69, 9.17) is 14.2 Å². The van der Waals surface area contributed by atoms with E-state index in [1.165, 1.54) is 135 Å². The fourth-order valence-electron chi connectivity index (χ4n) is 9.29. The molecule has 0 saturated heterocycles. The van der Waals surface area contributed by atoms with Crippen molar-refractivity contribution in [2.24, 2.45) is 0 Å². The van der Waals surface area contributed by atoms with E-state index in [1.807, 2.05) is 0 Å². The molecular formula is C76H126O6. The van der Waals surface area contributed by atoms with Crippen LogP contribution in [-0.2, 0) is 28.6 Å². The Morgan fingerprint density at radius 1 is 0.256 bits per heavy atom. The van der Waals surface area contributed by atoms with Crippen LogP contribution in [0, 0.1) is 0 Å². The second kappa shape index (κ2) is 69.0. The van der Waals surface area contributed by atoms with E-state index in [1.54, 1.807) is 0 Å². The number of unbranched alkanes of at least 4 members (excludes halogenated alkanes) is 28. The summed E-state index contributed by atoms with van der Waals surface area (Å²) in [7, 11) is 0. The first-order valence-corrected chi connectivity index (χ1v) is 34.2. The zero-order valence-electron chi connectivity index (χ0n) is 53.5. The quantitative estimate of drug-likeness (QED) is 0.0261. The van der Waals surface area contributed by atoms with E-state index >= 15 is 0 Å². The van der Waals surface area contributed by atoms with Crippen LogP contribution < -0.4 is 0 Å². The number of hydrogen-bond donors (Lipinski definition) is 0. The highest BCUT2D eigenvalue weighted by Crippen LogP contribution is 2.16. The van der Waals surface area contributed by atoms with Crippen molar-refractivity contribution in [1.82, 2.24) is 0 Å². The smallest absolute Gasteiger partial charge is 0.306 e. The molecular weight excluding hydrogens is 1010 g/mol. The van der Waals surface area contributed by atoms with Gasteiger partial charge in [0, 0.05) is 19.3 Å². The molecule has 0 aromatic carbocycles. The van der Waals surface area contributed by atoms with Gasteiger partial charge < -0.3 is 14.2 Å². The molecule has 1 atom stereocenters. The Labute approximate surface area is 506 Å². The maximum absolute atomic E-state index is 12.9. The summed E-state index contributed by atoms with van der Waals surface area (Å²) in [6, 6.07) is 0. The third-order valence-electron chi connectivity index (χ3n) is 14.4. The predicted molar refractivity (Wildman–Crippen MR) is 357 cm³/mol. The van der Waals surface area contributed by atoms with Gasteiger partial charge in [0.1, 0.15) is 13.2 Å². The maximum atomic E-state index is 12.9. The lowest BCUT2D eigenvalue weighted by molar-refractivity contribution is -0.167. The van der Waals surface area contributed by atoms with Crippen molar-refractivity contribution in [2.75, 3.05) is 13.2 Å². The number of ether oxygens (including phenoxy) is 3. The molecule has 0 bridgehead atoms.